The zero-order valence-electron chi connectivity index (χ0n) is 12.2. The number of rotatable bonds is 3. The van der Waals surface area contributed by atoms with Crippen LogP contribution in [0.4, 0.5) is 0 Å². The van der Waals surface area contributed by atoms with Gasteiger partial charge in [-0.3, -0.25) is 9.97 Å². The third-order valence-corrected chi connectivity index (χ3v) is 4.06. The summed E-state index contributed by atoms with van der Waals surface area (Å²) >= 11 is 0. The number of aromatic nitrogens is 2. The zero-order valence-corrected chi connectivity index (χ0v) is 12.2. The standard InChI is InChI=1S/C20H16N2/c1-2-5-15(6-3-1)8-9-16-10-11-18-17-7-4-12-21-20(17)14-22-19(18)13-16/h1-7,10-14H,8-9H2. The Kier molecular flexibility index (Phi) is 3.28. The van der Waals surface area contributed by atoms with Crippen molar-refractivity contribution in [2.75, 3.05) is 0 Å². The highest BCUT2D eigenvalue weighted by molar-refractivity contribution is 6.03. The van der Waals surface area contributed by atoms with Crippen molar-refractivity contribution in [2.24, 2.45) is 0 Å². The summed E-state index contributed by atoms with van der Waals surface area (Å²) in [5.74, 6) is 0. The van der Waals surface area contributed by atoms with Gasteiger partial charge in [0.05, 0.1) is 17.2 Å². The first-order valence-corrected chi connectivity index (χ1v) is 7.56. The molecule has 0 aliphatic heterocycles. The lowest BCUT2D eigenvalue weighted by atomic mass is 10.0. The van der Waals surface area contributed by atoms with Gasteiger partial charge in [0.25, 0.3) is 0 Å². The first-order valence-electron chi connectivity index (χ1n) is 7.56. The number of nitrogens with zero attached hydrogens (tertiary/aromatic N) is 2. The predicted molar refractivity (Wildman–Crippen MR) is 90.9 cm³/mol. The molecule has 2 nitrogen and oxygen atoms in total. The topological polar surface area (TPSA) is 25.8 Å². The van der Waals surface area contributed by atoms with Crippen LogP contribution in [-0.2, 0) is 12.8 Å². The molecule has 0 spiro atoms. The average Bonchev–Trinajstić information content (AvgIpc) is 2.60. The number of benzene rings is 2. The van der Waals surface area contributed by atoms with Gasteiger partial charge < -0.3 is 0 Å². The number of hydrogen-bond donors (Lipinski definition) is 0. The molecule has 0 unspecified atom stereocenters. The summed E-state index contributed by atoms with van der Waals surface area (Å²) in [5, 5.41) is 2.34. The maximum absolute atomic E-state index is 4.56. The van der Waals surface area contributed by atoms with E-state index in [1.165, 1.54) is 21.9 Å². The fraction of sp³-hybridized carbons (Fsp3) is 0.100. The minimum absolute atomic E-state index is 0.951. The van der Waals surface area contributed by atoms with Crippen molar-refractivity contribution in [3.05, 3.63) is 84.2 Å². The molecular weight excluding hydrogens is 268 g/mol. The van der Waals surface area contributed by atoms with Gasteiger partial charge in [-0.2, -0.15) is 0 Å². The molecule has 22 heavy (non-hydrogen) atoms. The van der Waals surface area contributed by atoms with Crippen molar-refractivity contribution in [1.82, 2.24) is 9.97 Å². The minimum atomic E-state index is 0.951. The number of aryl methyl sites for hydroxylation is 2. The minimum Gasteiger partial charge on any atom is -0.255 e. The fourth-order valence-corrected chi connectivity index (χ4v) is 2.88. The molecule has 0 saturated carbocycles. The molecule has 2 heterocycles. The molecule has 0 aliphatic rings. The van der Waals surface area contributed by atoms with Crippen molar-refractivity contribution in [2.45, 2.75) is 12.8 Å². The second-order valence-electron chi connectivity index (χ2n) is 5.53. The first kappa shape index (κ1) is 13.0. The fourth-order valence-electron chi connectivity index (χ4n) is 2.88. The second kappa shape index (κ2) is 5.57. The third kappa shape index (κ3) is 2.44. The number of pyridine rings is 2. The Bertz CT molecular complexity index is 930. The van der Waals surface area contributed by atoms with Gasteiger partial charge in [0.1, 0.15) is 0 Å². The molecule has 0 amide bonds. The molecule has 2 heteroatoms. The van der Waals surface area contributed by atoms with E-state index >= 15 is 0 Å². The Morgan fingerprint density at radius 3 is 2.36 bits per heavy atom. The molecule has 0 aliphatic carbocycles. The Balaban J connectivity index is 1.67. The molecule has 0 N–H and O–H groups in total. The van der Waals surface area contributed by atoms with Crippen LogP contribution in [0.2, 0.25) is 0 Å². The van der Waals surface area contributed by atoms with Crippen molar-refractivity contribution >= 4 is 21.8 Å². The van der Waals surface area contributed by atoms with Crippen LogP contribution in [0.5, 0.6) is 0 Å². The smallest absolute Gasteiger partial charge is 0.0891 e. The van der Waals surface area contributed by atoms with E-state index in [1.54, 1.807) is 0 Å². The molecule has 4 rings (SSSR count). The lowest BCUT2D eigenvalue weighted by Gasteiger charge is -2.06. The quantitative estimate of drug-likeness (QED) is 0.515. The summed E-state index contributed by atoms with van der Waals surface area (Å²) in [4.78, 5) is 8.93. The van der Waals surface area contributed by atoms with E-state index in [1.807, 2.05) is 18.5 Å². The molecule has 0 fully saturated rings. The average molecular weight is 284 g/mol. The summed E-state index contributed by atoms with van der Waals surface area (Å²) in [6.45, 7) is 0. The van der Waals surface area contributed by atoms with E-state index < -0.39 is 0 Å². The Labute approximate surface area is 129 Å². The number of hydrogen-bond acceptors (Lipinski definition) is 2. The van der Waals surface area contributed by atoms with Crippen LogP contribution in [0.15, 0.2) is 73.1 Å². The van der Waals surface area contributed by atoms with Crippen LogP contribution in [0.1, 0.15) is 11.1 Å². The summed E-state index contributed by atoms with van der Waals surface area (Å²) in [6, 6.07) is 21.3. The van der Waals surface area contributed by atoms with Crippen molar-refractivity contribution < 1.29 is 0 Å². The highest BCUT2D eigenvalue weighted by atomic mass is 14.7. The van der Waals surface area contributed by atoms with E-state index in [2.05, 4.69) is 64.6 Å². The predicted octanol–water partition coefficient (Wildman–Crippen LogP) is 4.57. The summed E-state index contributed by atoms with van der Waals surface area (Å²) in [6.07, 6.45) is 5.76. The van der Waals surface area contributed by atoms with Crippen LogP contribution in [0.3, 0.4) is 0 Å². The van der Waals surface area contributed by atoms with Crippen LogP contribution >= 0.6 is 0 Å². The van der Waals surface area contributed by atoms with Gasteiger partial charge in [-0.15, -0.1) is 0 Å². The van der Waals surface area contributed by atoms with Gasteiger partial charge in [0, 0.05) is 17.0 Å². The van der Waals surface area contributed by atoms with Gasteiger partial charge in [-0.1, -0.05) is 48.5 Å². The lowest BCUT2D eigenvalue weighted by Crippen LogP contribution is -1.92. The molecule has 0 saturated heterocycles. The molecule has 2 aromatic heterocycles. The van der Waals surface area contributed by atoms with Gasteiger partial charge in [-0.05, 0) is 36.1 Å². The second-order valence-corrected chi connectivity index (χ2v) is 5.53. The summed E-state index contributed by atoms with van der Waals surface area (Å²) < 4.78 is 0. The highest BCUT2D eigenvalue weighted by Gasteiger charge is 2.03. The molecular formula is C20H16N2. The molecule has 106 valence electrons. The molecule has 0 radical (unpaired) electrons. The monoisotopic (exact) mass is 284 g/mol. The van der Waals surface area contributed by atoms with Crippen LogP contribution < -0.4 is 0 Å². The largest absolute Gasteiger partial charge is 0.255 e. The Morgan fingerprint density at radius 1 is 0.636 bits per heavy atom. The van der Waals surface area contributed by atoms with Crippen LogP contribution in [0, 0.1) is 0 Å². The summed E-state index contributed by atoms with van der Waals surface area (Å²) in [5.41, 5.74) is 4.70. The SMILES string of the molecule is c1ccc(CCc2ccc3c(c2)ncc2ncccc23)cc1. The van der Waals surface area contributed by atoms with Gasteiger partial charge in [-0.25, -0.2) is 0 Å². The normalized spacial score (nSPS) is 11.1. The zero-order chi connectivity index (χ0) is 14.8. The lowest BCUT2D eigenvalue weighted by molar-refractivity contribution is 0.962. The number of fused-ring (bicyclic) bond motifs is 3. The third-order valence-electron chi connectivity index (χ3n) is 4.06. The van der Waals surface area contributed by atoms with Crippen molar-refractivity contribution in [3.8, 4) is 0 Å². The van der Waals surface area contributed by atoms with Crippen molar-refractivity contribution in [1.29, 1.82) is 0 Å². The van der Waals surface area contributed by atoms with Crippen LogP contribution in [-0.4, -0.2) is 9.97 Å². The van der Waals surface area contributed by atoms with Gasteiger partial charge >= 0.3 is 0 Å². The van der Waals surface area contributed by atoms with E-state index in [0.29, 0.717) is 0 Å². The molecule has 2 aromatic carbocycles. The molecule has 0 bridgehead atoms. The highest BCUT2D eigenvalue weighted by Crippen LogP contribution is 2.23. The first-order chi connectivity index (χ1) is 10.9. The molecule has 4 aromatic rings. The van der Waals surface area contributed by atoms with Crippen LogP contribution in [0.25, 0.3) is 21.8 Å². The van der Waals surface area contributed by atoms with Crippen molar-refractivity contribution in [3.63, 3.8) is 0 Å². The van der Waals surface area contributed by atoms with Gasteiger partial charge in [0.15, 0.2) is 0 Å². The molecule has 0 atom stereocenters. The van der Waals surface area contributed by atoms with E-state index in [0.717, 1.165) is 23.9 Å². The Morgan fingerprint density at radius 2 is 1.45 bits per heavy atom. The van der Waals surface area contributed by atoms with E-state index in [9.17, 15) is 0 Å². The van der Waals surface area contributed by atoms with E-state index in [4.69, 9.17) is 0 Å². The Hall–Kier alpha value is -2.74. The maximum atomic E-state index is 4.56. The maximum Gasteiger partial charge on any atom is 0.0891 e. The van der Waals surface area contributed by atoms with E-state index in [-0.39, 0.29) is 0 Å². The van der Waals surface area contributed by atoms with Gasteiger partial charge in [0.2, 0.25) is 0 Å². The summed E-state index contributed by atoms with van der Waals surface area (Å²) in [7, 11) is 0.